The number of hydrogen-bond acceptors (Lipinski definition) is 5. The summed E-state index contributed by atoms with van der Waals surface area (Å²) in [6.45, 7) is 3.63. The van der Waals surface area contributed by atoms with Crippen LogP contribution in [0.2, 0.25) is 0 Å². The predicted octanol–water partition coefficient (Wildman–Crippen LogP) is 3.06. The van der Waals surface area contributed by atoms with Crippen LogP contribution in [0.5, 0.6) is 0 Å². The number of aliphatic hydroxyl groups excluding tert-OH is 1. The van der Waals surface area contributed by atoms with E-state index in [4.69, 9.17) is 4.74 Å². The molecule has 0 spiro atoms. The Morgan fingerprint density at radius 1 is 1.28 bits per heavy atom. The minimum Gasteiger partial charge on any atom is -0.459 e. The van der Waals surface area contributed by atoms with Gasteiger partial charge in [-0.05, 0) is 70.1 Å². The van der Waals surface area contributed by atoms with Crippen molar-refractivity contribution in [2.45, 2.75) is 76.6 Å². The van der Waals surface area contributed by atoms with Gasteiger partial charge in [-0.1, -0.05) is 24.0 Å². The van der Waals surface area contributed by atoms with E-state index in [1.165, 1.54) is 0 Å². The summed E-state index contributed by atoms with van der Waals surface area (Å²) in [7, 11) is 0. The molecular weight excluding hydrogens is 368 g/mol. The van der Waals surface area contributed by atoms with E-state index in [0.717, 1.165) is 24.8 Å². The van der Waals surface area contributed by atoms with Gasteiger partial charge in [-0.3, -0.25) is 4.79 Å². The van der Waals surface area contributed by atoms with Crippen molar-refractivity contribution in [1.29, 1.82) is 0 Å². The first kappa shape index (κ1) is 21.5. The summed E-state index contributed by atoms with van der Waals surface area (Å²) in [6, 6.07) is 7.34. The Hall–Kier alpha value is -2.16. The van der Waals surface area contributed by atoms with Crippen LogP contribution < -0.4 is 0 Å². The van der Waals surface area contributed by atoms with E-state index in [0.29, 0.717) is 24.8 Å². The van der Waals surface area contributed by atoms with Crippen molar-refractivity contribution >= 4 is 11.8 Å². The van der Waals surface area contributed by atoms with Gasteiger partial charge in [0.05, 0.1) is 23.7 Å². The molecule has 3 rings (SSSR count). The molecule has 0 aromatic heterocycles. The van der Waals surface area contributed by atoms with Crippen molar-refractivity contribution in [3.63, 3.8) is 0 Å². The fourth-order valence-corrected chi connectivity index (χ4v) is 3.96. The van der Waals surface area contributed by atoms with Crippen molar-refractivity contribution in [2.75, 3.05) is 0 Å². The average molecular weight is 398 g/mol. The number of carbonyl (C=O) groups is 2. The number of esters is 1. The minimum atomic E-state index is -0.922. The molecule has 2 aliphatic carbocycles. The lowest BCUT2D eigenvalue weighted by Crippen LogP contribution is -2.35. The van der Waals surface area contributed by atoms with Crippen LogP contribution in [0.1, 0.15) is 68.3 Å². The molecular formula is C24H30O5. The molecule has 29 heavy (non-hydrogen) atoms. The van der Waals surface area contributed by atoms with Gasteiger partial charge in [0.15, 0.2) is 0 Å². The summed E-state index contributed by atoms with van der Waals surface area (Å²) in [6.07, 6.45) is 3.79. The number of Topliss-reactive ketones (excluding diaryl/α,β-unsaturated/α-hetero) is 1. The number of hydrogen-bond donors (Lipinski definition) is 2. The largest absolute Gasteiger partial charge is 0.459 e. The number of aliphatic hydroxyl groups is 2. The standard InChI is InChI=1S/C24H30O5/c1-16(2)29-23(27)18-9-7-17(8-10-18)5-3-6-19-20(22(26)15-21(19)25)11-14-24(28)12-4-13-24/h7-10,16,19-20,22,26,28H,3-6,12-13,15H2,1-2H3/t19-,20-,22-/m1/s1. The summed E-state index contributed by atoms with van der Waals surface area (Å²) in [5.74, 6) is 4.99. The highest BCUT2D eigenvalue weighted by atomic mass is 16.5. The fourth-order valence-electron chi connectivity index (χ4n) is 3.96. The van der Waals surface area contributed by atoms with Gasteiger partial charge in [0.25, 0.3) is 0 Å². The predicted molar refractivity (Wildman–Crippen MR) is 109 cm³/mol. The number of aryl methyl sites for hydroxylation is 1. The average Bonchev–Trinajstić information content (AvgIpc) is 2.91. The molecule has 1 aromatic rings. The minimum absolute atomic E-state index is 0.0594. The van der Waals surface area contributed by atoms with E-state index in [2.05, 4.69) is 11.8 Å². The molecule has 0 heterocycles. The third kappa shape index (κ3) is 5.46. The Morgan fingerprint density at radius 2 is 1.97 bits per heavy atom. The lowest BCUT2D eigenvalue weighted by atomic mass is 9.80. The number of ketones is 1. The fraction of sp³-hybridized carbons (Fsp3) is 0.583. The maximum absolute atomic E-state index is 12.3. The quantitative estimate of drug-likeness (QED) is 0.568. The normalized spacial score (nSPS) is 25.3. The number of rotatable bonds is 6. The van der Waals surface area contributed by atoms with E-state index in [1.54, 1.807) is 12.1 Å². The van der Waals surface area contributed by atoms with Crippen LogP contribution in [0.3, 0.4) is 0 Å². The highest BCUT2D eigenvalue weighted by Crippen LogP contribution is 2.35. The maximum atomic E-state index is 12.3. The molecule has 3 atom stereocenters. The zero-order valence-corrected chi connectivity index (χ0v) is 17.2. The molecule has 5 nitrogen and oxygen atoms in total. The highest BCUT2D eigenvalue weighted by molar-refractivity contribution is 5.89. The van der Waals surface area contributed by atoms with Crippen LogP contribution in [0.4, 0.5) is 0 Å². The van der Waals surface area contributed by atoms with Gasteiger partial charge in [-0.15, -0.1) is 0 Å². The second kappa shape index (κ2) is 9.11. The van der Waals surface area contributed by atoms with E-state index < -0.39 is 11.7 Å². The molecule has 0 bridgehead atoms. The molecule has 0 aliphatic heterocycles. The SMILES string of the molecule is CC(C)OC(=O)c1ccc(CCC[C@H]2C(=O)C[C@@H](O)[C@@H]2C#CC2(O)CCC2)cc1. The van der Waals surface area contributed by atoms with Crippen LogP contribution in [0.15, 0.2) is 24.3 Å². The number of ether oxygens (including phenoxy) is 1. The van der Waals surface area contributed by atoms with Crippen molar-refractivity contribution in [3.8, 4) is 11.8 Å². The molecule has 0 radical (unpaired) electrons. The Kier molecular flexibility index (Phi) is 6.77. The van der Waals surface area contributed by atoms with E-state index >= 15 is 0 Å². The zero-order chi connectivity index (χ0) is 21.0. The Morgan fingerprint density at radius 3 is 2.55 bits per heavy atom. The van der Waals surface area contributed by atoms with Crippen LogP contribution >= 0.6 is 0 Å². The monoisotopic (exact) mass is 398 g/mol. The first-order valence-corrected chi connectivity index (χ1v) is 10.5. The smallest absolute Gasteiger partial charge is 0.338 e. The van der Waals surface area contributed by atoms with Crippen molar-refractivity contribution in [2.24, 2.45) is 11.8 Å². The van der Waals surface area contributed by atoms with Crippen LogP contribution in [-0.2, 0) is 16.0 Å². The summed E-state index contributed by atoms with van der Waals surface area (Å²) in [4.78, 5) is 24.2. The third-order valence-electron chi connectivity index (χ3n) is 5.84. The molecule has 5 heteroatoms. The Labute approximate surface area is 172 Å². The van der Waals surface area contributed by atoms with Crippen molar-refractivity contribution in [1.82, 2.24) is 0 Å². The van der Waals surface area contributed by atoms with Gasteiger partial charge in [0.1, 0.15) is 11.4 Å². The molecule has 0 unspecified atom stereocenters. The summed E-state index contributed by atoms with van der Waals surface area (Å²) in [5.41, 5.74) is 0.693. The zero-order valence-electron chi connectivity index (χ0n) is 17.2. The second-order valence-electron chi connectivity index (χ2n) is 8.57. The topological polar surface area (TPSA) is 83.8 Å². The van der Waals surface area contributed by atoms with Gasteiger partial charge >= 0.3 is 5.97 Å². The maximum Gasteiger partial charge on any atom is 0.338 e. The summed E-state index contributed by atoms with van der Waals surface area (Å²) < 4.78 is 5.19. The van der Waals surface area contributed by atoms with Gasteiger partial charge in [0, 0.05) is 12.3 Å². The van der Waals surface area contributed by atoms with Crippen LogP contribution in [0.25, 0.3) is 0 Å². The molecule has 156 valence electrons. The van der Waals surface area contributed by atoms with Crippen molar-refractivity contribution in [3.05, 3.63) is 35.4 Å². The van der Waals surface area contributed by atoms with Gasteiger partial charge < -0.3 is 14.9 Å². The van der Waals surface area contributed by atoms with Gasteiger partial charge in [-0.25, -0.2) is 4.79 Å². The molecule has 2 fully saturated rings. The lowest BCUT2D eigenvalue weighted by Gasteiger charge is -2.31. The first-order valence-electron chi connectivity index (χ1n) is 10.5. The van der Waals surface area contributed by atoms with Gasteiger partial charge in [0.2, 0.25) is 0 Å². The Bertz CT molecular complexity index is 795. The molecule has 0 amide bonds. The van der Waals surface area contributed by atoms with Crippen LogP contribution in [0, 0.1) is 23.7 Å². The third-order valence-corrected chi connectivity index (χ3v) is 5.84. The number of benzene rings is 1. The Balaban J connectivity index is 1.54. The summed E-state index contributed by atoms with van der Waals surface area (Å²) in [5, 5.41) is 20.4. The number of carbonyl (C=O) groups excluding carboxylic acids is 2. The summed E-state index contributed by atoms with van der Waals surface area (Å²) >= 11 is 0. The second-order valence-corrected chi connectivity index (χ2v) is 8.57. The lowest BCUT2D eigenvalue weighted by molar-refractivity contribution is -0.121. The van der Waals surface area contributed by atoms with Crippen LogP contribution in [-0.4, -0.2) is 39.8 Å². The molecule has 1 aromatic carbocycles. The molecule has 2 aliphatic rings. The first-order chi connectivity index (χ1) is 13.8. The van der Waals surface area contributed by atoms with Crippen molar-refractivity contribution < 1.29 is 24.5 Å². The van der Waals surface area contributed by atoms with E-state index in [-0.39, 0.29) is 36.1 Å². The molecule has 2 saturated carbocycles. The van der Waals surface area contributed by atoms with Gasteiger partial charge in [-0.2, -0.15) is 0 Å². The highest BCUT2D eigenvalue weighted by Gasteiger charge is 2.41. The van der Waals surface area contributed by atoms with E-state index in [1.807, 2.05) is 26.0 Å². The molecule has 2 N–H and O–H groups in total. The van der Waals surface area contributed by atoms with E-state index in [9.17, 15) is 19.8 Å². The molecule has 0 saturated heterocycles.